The summed E-state index contributed by atoms with van der Waals surface area (Å²) in [7, 11) is 3.16. The normalized spacial score (nSPS) is 19.2. The molecule has 6 N–H and O–H groups in total. The topological polar surface area (TPSA) is 150 Å². The van der Waals surface area contributed by atoms with Gasteiger partial charge in [0.25, 0.3) is 5.91 Å². The number of amides is 1. The molecule has 30 heavy (non-hydrogen) atoms. The Hall–Kier alpha value is -2.05. The molecule has 1 aromatic carbocycles. The van der Waals surface area contributed by atoms with E-state index in [2.05, 4.69) is 25.4 Å². The highest BCUT2D eigenvalue weighted by atomic mass is 35.5. The zero-order chi connectivity index (χ0) is 20.8. The number of ether oxygens (including phenoxy) is 2. The lowest BCUT2D eigenvalue weighted by Gasteiger charge is -2.38. The Kier molecular flexibility index (Phi) is 9.18. The van der Waals surface area contributed by atoms with Gasteiger partial charge in [-0.15, -0.1) is 0 Å². The maximum Gasteiger partial charge on any atom is 0.255 e. The molecule has 0 spiro atoms. The number of anilines is 1. The van der Waals surface area contributed by atoms with Crippen LogP contribution in [0.25, 0.3) is 0 Å². The number of H-pyrrole nitrogens is 1. The summed E-state index contributed by atoms with van der Waals surface area (Å²) < 4.78 is 10.9. The van der Waals surface area contributed by atoms with Gasteiger partial charge in [-0.05, 0) is 12.5 Å². The largest absolute Gasteiger partial charge is 0.496 e. The minimum absolute atomic E-state index is 0. The molecule has 1 fully saturated rings. The first kappa shape index (κ1) is 24.2. The van der Waals surface area contributed by atoms with Gasteiger partial charge in [0.15, 0.2) is 5.16 Å². The van der Waals surface area contributed by atoms with Crippen LogP contribution in [0.2, 0.25) is 5.02 Å². The van der Waals surface area contributed by atoms with Gasteiger partial charge in [-0.2, -0.15) is 5.10 Å². The highest BCUT2D eigenvalue weighted by molar-refractivity contribution is 7.99. The summed E-state index contributed by atoms with van der Waals surface area (Å²) in [6, 6.07) is 2.98. The Labute approximate surface area is 184 Å². The van der Waals surface area contributed by atoms with Crippen LogP contribution in [0.3, 0.4) is 0 Å². The number of piperidine rings is 1. The Morgan fingerprint density at radius 3 is 2.93 bits per heavy atom. The van der Waals surface area contributed by atoms with Gasteiger partial charge in [-0.1, -0.05) is 23.4 Å². The minimum atomic E-state index is -0.259. The van der Waals surface area contributed by atoms with Gasteiger partial charge >= 0.3 is 0 Å². The number of likely N-dealkylation sites (tertiary alicyclic amines) is 1. The highest BCUT2D eigenvalue weighted by Gasteiger charge is 2.31. The van der Waals surface area contributed by atoms with Crippen molar-refractivity contribution in [3.8, 4) is 5.75 Å². The molecule has 166 valence electrons. The van der Waals surface area contributed by atoms with Crippen molar-refractivity contribution in [2.45, 2.75) is 23.7 Å². The molecule has 0 saturated carbocycles. The third-order valence-corrected chi connectivity index (χ3v) is 6.05. The number of benzene rings is 1. The molecular weight excluding hydrogens is 432 g/mol. The zero-order valence-electron chi connectivity index (χ0n) is 16.9. The summed E-state index contributed by atoms with van der Waals surface area (Å²) in [5.41, 5.74) is 6.52. The number of hydrogen-bond donors (Lipinski definition) is 3. The maximum atomic E-state index is 12.8. The fourth-order valence-corrected chi connectivity index (χ4v) is 4.23. The average Bonchev–Trinajstić information content (AvgIpc) is 3.24. The number of rotatable bonds is 8. The predicted molar refractivity (Wildman–Crippen MR) is 116 cm³/mol. The number of nitrogens with two attached hydrogens (primary N) is 1. The summed E-state index contributed by atoms with van der Waals surface area (Å²) in [5, 5.41) is 10.9. The van der Waals surface area contributed by atoms with Crippen LogP contribution in [0.4, 0.5) is 5.69 Å². The number of aromatic nitrogens is 3. The molecule has 1 saturated heterocycles. The van der Waals surface area contributed by atoms with E-state index in [-0.39, 0.29) is 23.5 Å². The number of halogens is 1. The first-order valence-corrected chi connectivity index (χ1v) is 10.5. The van der Waals surface area contributed by atoms with E-state index in [9.17, 15) is 4.79 Å². The van der Waals surface area contributed by atoms with Gasteiger partial charge in [0.05, 0.1) is 35.5 Å². The molecule has 10 nitrogen and oxygen atoms in total. The van der Waals surface area contributed by atoms with Crippen molar-refractivity contribution in [1.29, 1.82) is 0 Å². The third-order valence-electron chi connectivity index (χ3n) is 4.87. The lowest BCUT2D eigenvalue weighted by Crippen LogP contribution is -2.55. The molecule has 1 aliphatic heterocycles. The summed E-state index contributed by atoms with van der Waals surface area (Å²) in [4.78, 5) is 19.3. The second-order valence-electron chi connectivity index (χ2n) is 6.66. The average molecular weight is 459 g/mol. The molecule has 2 aromatic rings. The van der Waals surface area contributed by atoms with E-state index in [4.69, 9.17) is 26.8 Å². The van der Waals surface area contributed by atoms with Crippen LogP contribution in [0.15, 0.2) is 23.6 Å². The second-order valence-corrected chi connectivity index (χ2v) is 8.15. The SMILES string of the molecule is COc1cc(N)c(Cl)cc1C(=O)N[C@@H]1CCN(CCSc2ncn[nH]2)C[C@@H]1OC.O. The number of carbonyl (C=O) groups excluding carboxylic acids is 1. The van der Waals surface area contributed by atoms with Gasteiger partial charge in [-0.25, -0.2) is 4.98 Å². The smallest absolute Gasteiger partial charge is 0.255 e. The third kappa shape index (κ3) is 5.99. The number of nitrogens with one attached hydrogen (secondary N) is 2. The molecule has 2 heterocycles. The predicted octanol–water partition coefficient (Wildman–Crippen LogP) is 0.836. The van der Waals surface area contributed by atoms with Crippen LogP contribution >= 0.6 is 23.4 Å². The van der Waals surface area contributed by atoms with Crippen molar-refractivity contribution in [1.82, 2.24) is 25.4 Å². The van der Waals surface area contributed by atoms with Crippen LogP contribution < -0.4 is 15.8 Å². The Morgan fingerprint density at radius 1 is 1.47 bits per heavy atom. The van der Waals surface area contributed by atoms with E-state index in [0.29, 0.717) is 22.0 Å². The van der Waals surface area contributed by atoms with Crippen LogP contribution in [0.1, 0.15) is 16.8 Å². The van der Waals surface area contributed by atoms with E-state index < -0.39 is 0 Å². The highest BCUT2D eigenvalue weighted by Crippen LogP contribution is 2.29. The van der Waals surface area contributed by atoms with Crippen molar-refractivity contribution in [3.63, 3.8) is 0 Å². The summed E-state index contributed by atoms with van der Waals surface area (Å²) >= 11 is 7.71. The van der Waals surface area contributed by atoms with E-state index in [1.807, 2.05) is 0 Å². The van der Waals surface area contributed by atoms with E-state index in [1.54, 1.807) is 24.9 Å². The van der Waals surface area contributed by atoms with Crippen LogP contribution in [0.5, 0.6) is 5.75 Å². The second kappa shape index (κ2) is 11.4. The van der Waals surface area contributed by atoms with Crippen LogP contribution in [-0.4, -0.2) is 83.2 Å². The molecular formula is C18H27ClN6O4S. The van der Waals surface area contributed by atoms with Crippen molar-refractivity contribution in [2.75, 3.05) is 45.3 Å². The molecule has 1 aromatic heterocycles. The first-order chi connectivity index (χ1) is 14.0. The fraction of sp³-hybridized carbons (Fsp3) is 0.500. The number of hydrogen-bond acceptors (Lipinski definition) is 8. The molecule has 1 amide bonds. The Balaban J connectivity index is 0.00000320. The van der Waals surface area contributed by atoms with E-state index >= 15 is 0 Å². The number of thioether (sulfide) groups is 1. The monoisotopic (exact) mass is 458 g/mol. The van der Waals surface area contributed by atoms with Gasteiger partial charge in [-0.3, -0.25) is 14.8 Å². The van der Waals surface area contributed by atoms with Gasteiger partial charge in [0.2, 0.25) is 0 Å². The summed E-state index contributed by atoms with van der Waals surface area (Å²) in [6.45, 7) is 2.49. The van der Waals surface area contributed by atoms with Crippen molar-refractivity contribution < 1.29 is 19.7 Å². The quantitative estimate of drug-likeness (QED) is 0.389. The number of aromatic amines is 1. The Bertz CT molecular complexity index is 825. The number of nitrogen functional groups attached to an aromatic ring is 1. The lowest BCUT2D eigenvalue weighted by molar-refractivity contribution is 0.00833. The van der Waals surface area contributed by atoms with E-state index in [0.717, 1.165) is 37.0 Å². The Morgan fingerprint density at radius 2 is 2.27 bits per heavy atom. The minimum Gasteiger partial charge on any atom is -0.496 e. The molecule has 2 atom stereocenters. The summed E-state index contributed by atoms with van der Waals surface area (Å²) in [6.07, 6.45) is 2.17. The number of methoxy groups -OCH3 is 2. The molecule has 12 heteroatoms. The lowest BCUT2D eigenvalue weighted by atomic mass is 10.0. The van der Waals surface area contributed by atoms with Gasteiger partial charge in [0.1, 0.15) is 12.1 Å². The molecule has 0 unspecified atom stereocenters. The van der Waals surface area contributed by atoms with Crippen LogP contribution in [0, 0.1) is 0 Å². The molecule has 0 bridgehead atoms. The standard InChI is InChI=1S/C18H25ClN6O3S.H2O/c1-27-15-8-13(20)12(19)7-11(15)17(26)23-14-3-4-25(9-16(14)28-2)5-6-29-18-21-10-22-24-18;/h7-8,10,14,16H,3-6,9,20H2,1-2H3,(H,23,26)(H,21,22,24);1H2/t14-,16+;/m1./s1. The number of nitrogens with zero attached hydrogens (tertiary/aromatic N) is 3. The number of carbonyl (C=O) groups is 1. The molecule has 0 aliphatic carbocycles. The molecule has 3 rings (SSSR count). The van der Waals surface area contributed by atoms with Crippen LogP contribution in [-0.2, 0) is 4.74 Å². The van der Waals surface area contributed by atoms with Gasteiger partial charge < -0.3 is 26.0 Å². The van der Waals surface area contributed by atoms with Crippen molar-refractivity contribution in [3.05, 3.63) is 29.0 Å². The van der Waals surface area contributed by atoms with Crippen molar-refractivity contribution in [2.24, 2.45) is 0 Å². The fourth-order valence-electron chi connectivity index (χ4n) is 3.28. The van der Waals surface area contributed by atoms with E-state index in [1.165, 1.54) is 19.5 Å². The van der Waals surface area contributed by atoms with Crippen molar-refractivity contribution >= 4 is 35.0 Å². The summed E-state index contributed by atoms with van der Waals surface area (Å²) in [5.74, 6) is 1.02. The molecule has 0 radical (unpaired) electrons. The zero-order valence-corrected chi connectivity index (χ0v) is 18.4. The first-order valence-electron chi connectivity index (χ1n) is 9.19. The molecule has 1 aliphatic rings. The van der Waals surface area contributed by atoms with Gasteiger partial charge in [0, 0.05) is 38.6 Å². The maximum absolute atomic E-state index is 12.8.